The number of carboxylic acid groups (broad SMARTS) is 1. The lowest BCUT2D eigenvalue weighted by molar-refractivity contribution is 0.0661. The zero-order valence-electron chi connectivity index (χ0n) is 9.46. The number of nitrogens with zero attached hydrogens (tertiary/aromatic N) is 1. The van der Waals surface area contributed by atoms with Crippen molar-refractivity contribution in [2.45, 2.75) is 11.8 Å². The SMILES string of the molecule is CCN(CCO)S(=O)(=O)c1cc(C(=O)O)oc1Br. The van der Waals surface area contributed by atoms with Crippen LogP contribution in [0.5, 0.6) is 0 Å². The molecule has 0 saturated carbocycles. The number of aromatic carboxylic acids is 1. The third-order valence-electron chi connectivity index (χ3n) is 2.19. The molecule has 1 aromatic rings. The Morgan fingerprint density at radius 1 is 1.56 bits per heavy atom. The Morgan fingerprint density at radius 3 is 2.56 bits per heavy atom. The number of halogens is 1. The Balaban J connectivity index is 3.23. The monoisotopic (exact) mass is 341 g/mol. The zero-order chi connectivity index (χ0) is 13.9. The summed E-state index contributed by atoms with van der Waals surface area (Å²) in [4.78, 5) is 10.4. The predicted octanol–water partition coefficient (Wildman–Crippen LogP) is 0.743. The van der Waals surface area contributed by atoms with Gasteiger partial charge in [-0.3, -0.25) is 0 Å². The highest BCUT2D eigenvalue weighted by Crippen LogP contribution is 2.28. The summed E-state index contributed by atoms with van der Waals surface area (Å²) in [5.74, 6) is -1.83. The molecule has 0 radical (unpaired) electrons. The van der Waals surface area contributed by atoms with Crippen LogP contribution in [0.2, 0.25) is 0 Å². The van der Waals surface area contributed by atoms with Gasteiger partial charge in [-0.05, 0) is 15.9 Å². The average Bonchev–Trinajstić information content (AvgIpc) is 2.68. The molecule has 2 N–H and O–H groups in total. The summed E-state index contributed by atoms with van der Waals surface area (Å²) in [7, 11) is -3.89. The molecule has 0 aliphatic rings. The van der Waals surface area contributed by atoms with Gasteiger partial charge in [-0.15, -0.1) is 0 Å². The van der Waals surface area contributed by atoms with Crippen LogP contribution in [0.1, 0.15) is 17.5 Å². The molecular weight excluding hydrogens is 330 g/mol. The van der Waals surface area contributed by atoms with E-state index in [0.29, 0.717) is 0 Å². The van der Waals surface area contributed by atoms with Gasteiger partial charge >= 0.3 is 5.97 Å². The van der Waals surface area contributed by atoms with Crippen LogP contribution in [0.3, 0.4) is 0 Å². The van der Waals surface area contributed by atoms with Gasteiger partial charge in [0.1, 0.15) is 4.90 Å². The van der Waals surface area contributed by atoms with E-state index in [1.54, 1.807) is 6.92 Å². The number of furan rings is 1. The van der Waals surface area contributed by atoms with Crippen molar-refractivity contribution in [3.8, 4) is 0 Å². The number of hydrogen-bond donors (Lipinski definition) is 2. The maximum Gasteiger partial charge on any atom is 0.371 e. The highest BCUT2D eigenvalue weighted by Gasteiger charge is 2.29. The van der Waals surface area contributed by atoms with Gasteiger partial charge in [0.05, 0.1) is 6.61 Å². The van der Waals surface area contributed by atoms with Gasteiger partial charge < -0.3 is 14.6 Å². The summed E-state index contributed by atoms with van der Waals surface area (Å²) in [5, 5.41) is 17.5. The van der Waals surface area contributed by atoms with Crippen molar-refractivity contribution in [3.05, 3.63) is 16.5 Å². The fraction of sp³-hybridized carbons (Fsp3) is 0.444. The van der Waals surface area contributed by atoms with E-state index >= 15 is 0 Å². The highest BCUT2D eigenvalue weighted by atomic mass is 79.9. The van der Waals surface area contributed by atoms with E-state index in [9.17, 15) is 13.2 Å². The predicted molar refractivity (Wildman–Crippen MR) is 64.9 cm³/mol. The van der Waals surface area contributed by atoms with Crippen molar-refractivity contribution in [3.63, 3.8) is 0 Å². The van der Waals surface area contributed by atoms with Gasteiger partial charge in [-0.25, -0.2) is 13.2 Å². The minimum atomic E-state index is -3.89. The van der Waals surface area contributed by atoms with Crippen LogP contribution in [0.15, 0.2) is 20.0 Å². The van der Waals surface area contributed by atoms with Crippen molar-refractivity contribution in [1.29, 1.82) is 0 Å². The van der Waals surface area contributed by atoms with Gasteiger partial charge in [-0.2, -0.15) is 4.31 Å². The molecule has 1 rings (SSSR count). The van der Waals surface area contributed by atoms with E-state index in [1.165, 1.54) is 0 Å². The molecule has 0 aliphatic heterocycles. The van der Waals surface area contributed by atoms with Crippen LogP contribution in [-0.2, 0) is 10.0 Å². The Bertz CT molecular complexity index is 537. The number of aliphatic hydroxyl groups excluding tert-OH is 1. The second kappa shape index (κ2) is 5.83. The molecule has 7 nitrogen and oxygen atoms in total. The molecule has 0 saturated heterocycles. The Morgan fingerprint density at radius 2 is 2.17 bits per heavy atom. The summed E-state index contributed by atoms with van der Waals surface area (Å²) in [6.45, 7) is 1.37. The van der Waals surface area contributed by atoms with Crippen molar-refractivity contribution in [2.24, 2.45) is 0 Å². The summed E-state index contributed by atoms with van der Waals surface area (Å²) >= 11 is 2.87. The molecule has 0 aliphatic carbocycles. The number of carboxylic acids is 1. The van der Waals surface area contributed by atoms with Gasteiger partial charge in [0, 0.05) is 19.2 Å². The van der Waals surface area contributed by atoms with E-state index in [4.69, 9.17) is 14.6 Å². The number of aliphatic hydroxyl groups is 1. The van der Waals surface area contributed by atoms with E-state index in [-0.39, 0.29) is 29.3 Å². The van der Waals surface area contributed by atoms with E-state index in [2.05, 4.69) is 15.9 Å². The molecule has 0 aromatic carbocycles. The number of hydrogen-bond acceptors (Lipinski definition) is 5. The topological polar surface area (TPSA) is 108 Å². The Kier molecular flexibility index (Phi) is 4.91. The maximum absolute atomic E-state index is 12.1. The molecule has 102 valence electrons. The lowest BCUT2D eigenvalue weighted by Crippen LogP contribution is -2.33. The molecule has 18 heavy (non-hydrogen) atoms. The van der Waals surface area contributed by atoms with Crippen LogP contribution in [0, 0.1) is 0 Å². The quantitative estimate of drug-likeness (QED) is 0.790. The minimum absolute atomic E-state index is 0.0706. The van der Waals surface area contributed by atoms with Crippen LogP contribution in [0.4, 0.5) is 0 Å². The summed E-state index contributed by atoms with van der Waals surface area (Å²) in [5.41, 5.74) is 0. The fourth-order valence-corrected chi connectivity index (χ4v) is 3.68. The molecule has 0 spiro atoms. The molecule has 0 fully saturated rings. The minimum Gasteiger partial charge on any atom is -0.475 e. The molecule has 0 unspecified atom stereocenters. The summed E-state index contributed by atoms with van der Waals surface area (Å²) in [6.07, 6.45) is 0. The molecular formula is C9H12BrNO6S. The number of rotatable bonds is 6. The molecule has 0 atom stereocenters. The second-order valence-corrected chi connectivity index (χ2v) is 5.90. The van der Waals surface area contributed by atoms with E-state index < -0.39 is 21.8 Å². The van der Waals surface area contributed by atoms with Crippen LogP contribution in [0.25, 0.3) is 0 Å². The molecule has 0 amide bonds. The first-order chi connectivity index (χ1) is 8.34. The normalized spacial score (nSPS) is 12.0. The lowest BCUT2D eigenvalue weighted by atomic mass is 10.5. The summed E-state index contributed by atoms with van der Waals surface area (Å²) < 4.78 is 29.9. The van der Waals surface area contributed by atoms with Crippen molar-refractivity contribution in [1.82, 2.24) is 4.31 Å². The maximum atomic E-state index is 12.1. The third kappa shape index (κ3) is 2.91. The number of sulfonamides is 1. The largest absolute Gasteiger partial charge is 0.475 e. The third-order valence-corrected chi connectivity index (χ3v) is 5.02. The first kappa shape index (κ1) is 15.2. The zero-order valence-corrected chi connectivity index (χ0v) is 11.9. The van der Waals surface area contributed by atoms with Crippen LogP contribution >= 0.6 is 15.9 Å². The van der Waals surface area contributed by atoms with Crippen LogP contribution < -0.4 is 0 Å². The van der Waals surface area contributed by atoms with Crippen LogP contribution in [-0.4, -0.2) is 48.6 Å². The Labute approximate surface area is 112 Å². The number of carbonyl (C=O) groups is 1. The Hall–Kier alpha value is -0.900. The standard InChI is InChI=1S/C9H12BrNO6S/c1-2-11(3-4-12)18(15,16)7-5-6(9(13)14)17-8(7)10/h5,12H,2-4H2,1H3,(H,13,14). The first-order valence-corrected chi connectivity index (χ1v) is 7.21. The van der Waals surface area contributed by atoms with Crippen molar-refractivity contribution < 1.29 is 27.8 Å². The van der Waals surface area contributed by atoms with Crippen molar-refractivity contribution in [2.75, 3.05) is 19.7 Å². The van der Waals surface area contributed by atoms with Gasteiger partial charge in [0.15, 0.2) is 4.67 Å². The average molecular weight is 342 g/mol. The number of likely N-dealkylation sites (N-methyl/N-ethyl adjacent to an activating group) is 1. The second-order valence-electron chi connectivity index (χ2n) is 3.27. The smallest absolute Gasteiger partial charge is 0.371 e. The van der Waals surface area contributed by atoms with Gasteiger partial charge in [0.25, 0.3) is 0 Å². The molecule has 9 heteroatoms. The molecule has 1 heterocycles. The molecule has 0 bridgehead atoms. The summed E-state index contributed by atoms with van der Waals surface area (Å²) in [6, 6.07) is 0.932. The van der Waals surface area contributed by atoms with E-state index in [1.807, 2.05) is 0 Å². The first-order valence-electron chi connectivity index (χ1n) is 4.98. The van der Waals surface area contributed by atoms with Crippen molar-refractivity contribution >= 4 is 31.9 Å². The highest BCUT2D eigenvalue weighted by molar-refractivity contribution is 9.10. The van der Waals surface area contributed by atoms with E-state index in [0.717, 1.165) is 10.4 Å². The lowest BCUT2D eigenvalue weighted by Gasteiger charge is -2.18. The fourth-order valence-electron chi connectivity index (χ4n) is 1.33. The van der Waals surface area contributed by atoms with Gasteiger partial charge in [0.2, 0.25) is 15.8 Å². The van der Waals surface area contributed by atoms with Gasteiger partial charge in [-0.1, -0.05) is 6.92 Å². The molecule has 1 aromatic heterocycles.